The van der Waals surface area contributed by atoms with E-state index in [-0.39, 0.29) is 11.9 Å². The average molecular weight is 301 g/mol. The third kappa shape index (κ3) is 4.36. The summed E-state index contributed by atoms with van der Waals surface area (Å²) in [6.07, 6.45) is 0.338. The van der Waals surface area contributed by atoms with E-state index in [9.17, 15) is 4.79 Å². The highest BCUT2D eigenvalue weighted by molar-refractivity contribution is 9.10. The molecule has 1 aromatic rings. The van der Waals surface area contributed by atoms with Crippen LogP contribution in [0.1, 0.15) is 24.9 Å². The number of carbonyl (C=O) groups excluding carboxylic acids is 1. The predicted molar refractivity (Wildman–Crippen MR) is 70.9 cm³/mol. The molecular formula is C12H17BrN2O2. The van der Waals surface area contributed by atoms with E-state index in [2.05, 4.69) is 21.2 Å². The maximum atomic E-state index is 11.1. The lowest BCUT2D eigenvalue weighted by Gasteiger charge is -2.14. The third-order valence-corrected chi connectivity index (χ3v) is 2.82. The van der Waals surface area contributed by atoms with Crippen molar-refractivity contribution < 1.29 is 9.53 Å². The first-order valence-electron chi connectivity index (χ1n) is 5.43. The first kappa shape index (κ1) is 14.0. The van der Waals surface area contributed by atoms with Gasteiger partial charge in [-0.1, -0.05) is 15.9 Å². The maximum Gasteiger partial charge on any atom is 0.223 e. The summed E-state index contributed by atoms with van der Waals surface area (Å²) < 4.78 is 6.53. The molecule has 3 N–H and O–H groups in total. The first-order chi connectivity index (χ1) is 8.04. The van der Waals surface area contributed by atoms with E-state index >= 15 is 0 Å². The lowest BCUT2D eigenvalue weighted by Crippen LogP contribution is -2.20. The third-order valence-electron chi connectivity index (χ3n) is 2.33. The van der Waals surface area contributed by atoms with Gasteiger partial charge in [0.15, 0.2) is 0 Å². The Morgan fingerprint density at radius 1 is 1.59 bits per heavy atom. The zero-order valence-corrected chi connectivity index (χ0v) is 11.6. The van der Waals surface area contributed by atoms with Crippen LogP contribution < -0.4 is 15.8 Å². The van der Waals surface area contributed by atoms with Gasteiger partial charge in [0.1, 0.15) is 5.75 Å². The normalized spacial score (nSPS) is 12.0. The lowest BCUT2D eigenvalue weighted by molar-refractivity contribution is -0.121. The fourth-order valence-corrected chi connectivity index (χ4v) is 1.76. The van der Waals surface area contributed by atoms with Gasteiger partial charge in [0.2, 0.25) is 5.91 Å². The van der Waals surface area contributed by atoms with Gasteiger partial charge in [0, 0.05) is 23.1 Å². The molecule has 5 heteroatoms. The number of benzene rings is 1. The molecule has 0 aliphatic heterocycles. The highest BCUT2D eigenvalue weighted by atomic mass is 79.9. The number of hydrogen-bond acceptors (Lipinski definition) is 3. The zero-order chi connectivity index (χ0) is 12.8. The molecule has 4 nitrogen and oxygen atoms in total. The largest absolute Gasteiger partial charge is 0.493 e. The van der Waals surface area contributed by atoms with Crippen molar-refractivity contribution in [3.63, 3.8) is 0 Å². The molecule has 1 atom stereocenters. The Hall–Kier alpha value is -1.07. The van der Waals surface area contributed by atoms with E-state index in [1.807, 2.05) is 25.1 Å². The number of hydrogen-bond donors (Lipinski definition) is 2. The summed E-state index contributed by atoms with van der Waals surface area (Å²) in [7, 11) is 1.61. The molecule has 1 rings (SSSR count). The standard InChI is InChI=1S/C12H17BrN2O2/c1-8(14)10-7-9(13)3-4-11(10)17-6-5-12(16)15-2/h3-4,7-8H,5-6,14H2,1-2H3,(H,15,16)/t8-/m1/s1. The molecule has 0 saturated carbocycles. The number of halogens is 1. The number of carbonyl (C=O) groups is 1. The molecule has 0 aliphatic rings. The van der Waals surface area contributed by atoms with Gasteiger partial charge in [-0.2, -0.15) is 0 Å². The van der Waals surface area contributed by atoms with Crippen LogP contribution in [-0.4, -0.2) is 19.6 Å². The Morgan fingerprint density at radius 3 is 2.88 bits per heavy atom. The second-order valence-corrected chi connectivity index (χ2v) is 4.66. The molecule has 0 unspecified atom stereocenters. The summed E-state index contributed by atoms with van der Waals surface area (Å²) in [6, 6.07) is 5.57. The van der Waals surface area contributed by atoms with Crippen LogP contribution in [0.3, 0.4) is 0 Å². The van der Waals surface area contributed by atoms with Gasteiger partial charge in [0.05, 0.1) is 13.0 Å². The van der Waals surface area contributed by atoms with Crippen LogP contribution in [0.5, 0.6) is 5.75 Å². The summed E-state index contributed by atoms with van der Waals surface area (Å²) in [5.41, 5.74) is 6.79. The molecule has 0 bridgehead atoms. The van der Waals surface area contributed by atoms with Crippen LogP contribution in [0.15, 0.2) is 22.7 Å². The smallest absolute Gasteiger partial charge is 0.223 e. The van der Waals surface area contributed by atoms with E-state index in [1.54, 1.807) is 7.05 Å². The first-order valence-corrected chi connectivity index (χ1v) is 6.22. The van der Waals surface area contributed by atoms with Gasteiger partial charge in [-0.05, 0) is 25.1 Å². The Bertz CT molecular complexity index is 394. The fraction of sp³-hybridized carbons (Fsp3) is 0.417. The second kappa shape index (κ2) is 6.61. The van der Waals surface area contributed by atoms with Crippen molar-refractivity contribution >= 4 is 21.8 Å². The van der Waals surface area contributed by atoms with Crippen LogP contribution in [0.4, 0.5) is 0 Å². The van der Waals surface area contributed by atoms with Crippen molar-refractivity contribution in [1.82, 2.24) is 5.32 Å². The number of amides is 1. The van der Waals surface area contributed by atoms with E-state index in [4.69, 9.17) is 10.5 Å². The van der Waals surface area contributed by atoms with E-state index < -0.39 is 0 Å². The quantitative estimate of drug-likeness (QED) is 0.874. The minimum Gasteiger partial charge on any atom is -0.493 e. The number of ether oxygens (including phenoxy) is 1. The van der Waals surface area contributed by atoms with Gasteiger partial charge in [0.25, 0.3) is 0 Å². The Kier molecular flexibility index (Phi) is 5.44. The van der Waals surface area contributed by atoms with Gasteiger partial charge >= 0.3 is 0 Å². The van der Waals surface area contributed by atoms with Crippen LogP contribution in [0.25, 0.3) is 0 Å². The average Bonchev–Trinajstić information content (AvgIpc) is 2.30. The minimum atomic E-state index is -0.109. The molecule has 17 heavy (non-hydrogen) atoms. The second-order valence-electron chi connectivity index (χ2n) is 3.74. The summed E-state index contributed by atoms with van der Waals surface area (Å²) in [5.74, 6) is 0.691. The number of nitrogens with one attached hydrogen (secondary N) is 1. The fourth-order valence-electron chi connectivity index (χ4n) is 1.39. The van der Waals surface area contributed by atoms with Crippen molar-refractivity contribution in [3.05, 3.63) is 28.2 Å². The van der Waals surface area contributed by atoms with Crippen LogP contribution in [0, 0.1) is 0 Å². The summed E-state index contributed by atoms with van der Waals surface area (Å²) >= 11 is 3.39. The molecule has 0 fully saturated rings. The Labute approximate surface area is 110 Å². The molecule has 0 saturated heterocycles. The molecular weight excluding hydrogens is 284 g/mol. The highest BCUT2D eigenvalue weighted by Gasteiger charge is 2.09. The van der Waals surface area contributed by atoms with E-state index in [1.165, 1.54) is 0 Å². The molecule has 1 aromatic carbocycles. The Balaban J connectivity index is 2.67. The van der Waals surface area contributed by atoms with Gasteiger partial charge in [-0.15, -0.1) is 0 Å². The molecule has 0 aromatic heterocycles. The zero-order valence-electron chi connectivity index (χ0n) is 10.00. The molecule has 0 aliphatic carbocycles. The molecule has 1 amide bonds. The van der Waals surface area contributed by atoms with Crippen LogP contribution in [0.2, 0.25) is 0 Å². The molecule has 0 spiro atoms. The number of rotatable bonds is 5. The summed E-state index contributed by atoms with van der Waals surface area (Å²) in [4.78, 5) is 11.1. The van der Waals surface area contributed by atoms with E-state index in [0.717, 1.165) is 15.8 Å². The van der Waals surface area contributed by atoms with Crippen molar-refractivity contribution in [2.75, 3.05) is 13.7 Å². The van der Waals surface area contributed by atoms with Crippen molar-refractivity contribution in [1.29, 1.82) is 0 Å². The van der Waals surface area contributed by atoms with Crippen LogP contribution in [-0.2, 0) is 4.79 Å². The van der Waals surface area contributed by atoms with Crippen molar-refractivity contribution in [3.8, 4) is 5.75 Å². The lowest BCUT2D eigenvalue weighted by atomic mass is 10.1. The molecule has 0 heterocycles. The van der Waals surface area contributed by atoms with Crippen LogP contribution >= 0.6 is 15.9 Å². The summed E-state index contributed by atoms with van der Waals surface area (Å²) in [6.45, 7) is 2.24. The SMILES string of the molecule is CNC(=O)CCOc1ccc(Br)cc1[C@@H](C)N. The molecule has 0 radical (unpaired) electrons. The maximum absolute atomic E-state index is 11.1. The molecule has 94 valence electrons. The Morgan fingerprint density at radius 2 is 2.29 bits per heavy atom. The van der Waals surface area contributed by atoms with Crippen molar-refractivity contribution in [2.45, 2.75) is 19.4 Å². The number of nitrogens with two attached hydrogens (primary N) is 1. The summed E-state index contributed by atoms with van der Waals surface area (Å²) in [5, 5.41) is 2.55. The van der Waals surface area contributed by atoms with Crippen molar-refractivity contribution in [2.24, 2.45) is 5.73 Å². The van der Waals surface area contributed by atoms with Gasteiger partial charge in [-0.3, -0.25) is 4.79 Å². The topological polar surface area (TPSA) is 64.3 Å². The minimum absolute atomic E-state index is 0.0375. The highest BCUT2D eigenvalue weighted by Crippen LogP contribution is 2.27. The van der Waals surface area contributed by atoms with Gasteiger partial charge < -0.3 is 15.8 Å². The monoisotopic (exact) mass is 300 g/mol. The van der Waals surface area contributed by atoms with Gasteiger partial charge in [-0.25, -0.2) is 0 Å². The van der Waals surface area contributed by atoms with E-state index in [0.29, 0.717) is 13.0 Å². The predicted octanol–water partition coefficient (Wildman–Crippen LogP) is 1.98.